The molecule has 1 aliphatic heterocycles. The number of likely N-dealkylation sites (tertiary alicyclic amines) is 1. The summed E-state index contributed by atoms with van der Waals surface area (Å²) in [5.74, 6) is -0.133. The molecule has 1 fully saturated rings. The number of methoxy groups -OCH3 is 1. The molecule has 16 heavy (non-hydrogen) atoms. The van der Waals surface area contributed by atoms with Crippen molar-refractivity contribution in [2.45, 2.75) is 13.0 Å². The van der Waals surface area contributed by atoms with Crippen molar-refractivity contribution in [3.05, 3.63) is 9.47 Å². The van der Waals surface area contributed by atoms with E-state index >= 15 is 0 Å². The van der Waals surface area contributed by atoms with Crippen molar-refractivity contribution in [2.75, 3.05) is 20.2 Å². The van der Waals surface area contributed by atoms with Gasteiger partial charge in [0, 0.05) is 6.54 Å². The molecule has 0 bridgehead atoms. The lowest BCUT2D eigenvalue weighted by Gasteiger charge is -2.12. The number of carbonyl (C=O) groups is 1. The first-order chi connectivity index (χ1) is 7.69. The van der Waals surface area contributed by atoms with E-state index < -0.39 is 0 Å². The van der Waals surface area contributed by atoms with Gasteiger partial charge in [0.2, 0.25) is 4.47 Å². The Morgan fingerprint density at radius 1 is 1.69 bits per heavy atom. The van der Waals surface area contributed by atoms with Gasteiger partial charge in [-0.1, -0.05) is 11.3 Å². The fourth-order valence-electron chi connectivity index (χ4n) is 1.82. The van der Waals surface area contributed by atoms with E-state index in [0.29, 0.717) is 11.0 Å². The predicted molar refractivity (Wildman–Crippen MR) is 60.3 cm³/mol. The second kappa shape index (κ2) is 5.07. The van der Waals surface area contributed by atoms with Gasteiger partial charge in [-0.15, -0.1) is 10.2 Å². The summed E-state index contributed by atoms with van der Waals surface area (Å²) in [5.41, 5.74) is 0. The van der Waals surface area contributed by atoms with Crippen molar-refractivity contribution < 1.29 is 9.53 Å². The molecular formula is C9H12ClN3O2S. The van der Waals surface area contributed by atoms with Crippen LogP contribution in [0, 0.1) is 5.92 Å². The van der Waals surface area contributed by atoms with Gasteiger partial charge in [-0.25, -0.2) is 0 Å². The normalized spacial score (nSPS) is 21.2. The van der Waals surface area contributed by atoms with Crippen molar-refractivity contribution in [1.82, 2.24) is 15.1 Å². The third kappa shape index (κ3) is 2.69. The highest BCUT2D eigenvalue weighted by atomic mass is 35.5. The number of ether oxygens (including phenoxy) is 1. The number of halogens is 1. The lowest BCUT2D eigenvalue weighted by Crippen LogP contribution is -2.23. The molecule has 0 radical (unpaired) electrons. The highest BCUT2D eigenvalue weighted by molar-refractivity contribution is 7.15. The summed E-state index contributed by atoms with van der Waals surface area (Å²) in [6, 6.07) is 0. The molecule has 88 valence electrons. The Hall–Kier alpha value is -0.720. The van der Waals surface area contributed by atoms with E-state index in [2.05, 4.69) is 15.1 Å². The molecule has 0 aromatic carbocycles. The van der Waals surface area contributed by atoms with Crippen LogP contribution in [0.4, 0.5) is 0 Å². The van der Waals surface area contributed by atoms with E-state index in [9.17, 15) is 4.79 Å². The van der Waals surface area contributed by atoms with Crippen LogP contribution in [0.5, 0.6) is 0 Å². The van der Waals surface area contributed by atoms with Gasteiger partial charge < -0.3 is 4.74 Å². The SMILES string of the molecule is COC(=O)C1CCN(Cc2nnc(Cl)s2)C1. The first-order valence-electron chi connectivity index (χ1n) is 4.97. The third-order valence-electron chi connectivity index (χ3n) is 2.61. The quantitative estimate of drug-likeness (QED) is 0.765. The van der Waals surface area contributed by atoms with Crippen molar-refractivity contribution in [3.63, 3.8) is 0 Å². The Balaban J connectivity index is 1.87. The largest absolute Gasteiger partial charge is 0.469 e. The molecule has 0 N–H and O–H groups in total. The van der Waals surface area contributed by atoms with Crippen LogP contribution in [0.2, 0.25) is 4.47 Å². The summed E-state index contributed by atoms with van der Waals surface area (Å²) in [4.78, 5) is 13.5. The van der Waals surface area contributed by atoms with E-state index in [0.717, 1.165) is 24.5 Å². The molecule has 0 spiro atoms. The number of nitrogens with zero attached hydrogens (tertiary/aromatic N) is 3. The molecule has 0 saturated carbocycles. The molecule has 1 aliphatic rings. The molecule has 1 aromatic heterocycles. The minimum absolute atomic E-state index is 0.00612. The van der Waals surface area contributed by atoms with Gasteiger partial charge in [0.1, 0.15) is 5.01 Å². The Morgan fingerprint density at radius 2 is 2.50 bits per heavy atom. The summed E-state index contributed by atoms with van der Waals surface area (Å²) in [5, 5.41) is 8.58. The molecule has 1 saturated heterocycles. The molecule has 1 aromatic rings. The zero-order chi connectivity index (χ0) is 11.5. The number of hydrogen-bond acceptors (Lipinski definition) is 6. The van der Waals surface area contributed by atoms with Crippen LogP contribution < -0.4 is 0 Å². The second-order valence-corrected chi connectivity index (χ2v) is 5.34. The van der Waals surface area contributed by atoms with Crippen LogP contribution in [0.1, 0.15) is 11.4 Å². The van der Waals surface area contributed by atoms with Crippen LogP contribution >= 0.6 is 22.9 Å². The zero-order valence-electron chi connectivity index (χ0n) is 8.85. The van der Waals surface area contributed by atoms with Crippen LogP contribution in [-0.2, 0) is 16.1 Å². The van der Waals surface area contributed by atoms with Gasteiger partial charge >= 0.3 is 5.97 Å². The third-order valence-corrected chi connectivity index (χ3v) is 3.61. The molecule has 2 heterocycles. The molecule has 2 rings (SSSR count). The summed E-state index contributed by atoms with van der Waals surface area (Å²) < 4.78 is 5.18. The summed E-state index contributed by atoms with van der Waals surface area (Å²) in [7, 11) is 1.43. The second-order valence-electron chi connectivity index (χ2n) is 3.69. The summed E-state index contributed by atoms with van der Waals surface area (Å²) >= 11 is 7.08. The number of carbonyl (C=O) groups excluding carboxylic acids is 1. The van der Waals surface area contributed by atoms with E-state index in [4.69, 9.17) is 16.3 Å². The minimum atomic E-state index is -0.127. The van der Waals surface area contributed by atoms with Gasteiger partial charge in [0.25, 0.3) is 0 Å². The molecular weight excluding hydrogens is 250 g/mol. The first-order valence-corrected chi connectivity index (χ1v) is 6.16. The van der Waals surface area contributed by atoms with Gasteiger partial charge in [-0.3, -0.25) is 9.69 Å². The average molecular weight is 262 g/mol. The minimum Gasteiger partial charge on any atom is -0.469 e. The van der Waals surface area contributed by atoms with Crippen LogP contribution in [0.3, 0.4) is 0 Å². The zero-order valence-corrected chi connectivity index (χ0v) is 10.4. The van der Waals surface area contributed by atoms with Crippen LogP contribution in [-0.4, -0.2) is 41.3 Å². The Kier molecular flexibility index (Phi) is 3.73. The Morgan fingerprint density at radius 3 is 3.12 bits per heavy atom. The monoisotopic (exact) mass is 261 g/mol. The standard InChI is InChI=1S/C9H12ClN3O2S/c1-15-8(14)6-2-3-13(4-6)5-7-11-12-9(10)16-7/h6H,2-5H2,1H3. The fraction of sp³-hybridized carbons (Fsp3) is 0.667. The fourth-order valence-corrected chi connectivity index (χ4v) is 2.73. The van der Waals surface area contributed by atoms with Crippen LogP contribution in [0.25, 0.3) is 0 Å². The lowest BCUT2D eigenvalue weighted by molar-refractivity contribution is -0.144. The van der Waals surface area contributed by atoms with Crippen LogP contribution in [0.15, 0.2) is 0 Å². The molecule has 0 amide bonds. The molecule has 1 unspecified atom stereocenters. The van der Waals surface area contributed by atoms with E-state index in [1.54, 1.807) is 0 Å². The van der Waals surface area contributed by atoms with Crippen molar-refractivity contribution in [1.29, 1.82) is 0 Å². The molecule has 5 nitrogen and oxygen atoms in total. The maximum absolute atomic E-state index is 11.3. The average Bonchev–Trinajstić information content (AvgIpc) is 2.87. The topological polar surface area (TPSA) is 55.3 Å². The lowest BCUT2D eigenvalue weighted by atomic mass is 10.1. The number of hydrogen-bond donors (Lipinski definition) is 0. The number of esters is 1. The predicted octanol–water partition coefficient (Wildman–Crippen LogP) is 1.19. The van der Waals surface area contributed by atoms with Crippen molar-refractivity contribution >= 4 is 28.9 Å². The smallest absolute Gasteiger partial charge is 0.310 e. The van der Waals surface area contributed by atoms with Gasteiger partial charge in [0.15, 0.2) is 0 Å². The Labute approximate surface area is 102 Å². The Bertz CT molecular complexity index is 385. The summed E-state index contributed by atoms with van der Waals surface area (Å²) in [6.07, 6.45) is 0.846. The number of aromatic nitrogens is 2. The molecule has 1 atom stereocenters. The maximum atomic E-state index is 11.3. The summed E-state index contributed by atoms with van der Waals surface area (Å²) in [6.45, 7) is 2.32. The van der Waals surface area contributed by atoms with E-state index in [1.165, 1.54) is 18.4 Å². The number of rotatable bonds is 3. The van der Waals surface area contributed by atoms with Gasteiger partial charge in [0.05, 0.1) is 19.6 Å². The van der Waals surface area contributed by atoms with E-state index in [-0.39, 0.29) is 11.9 Å². The maximum Gasteiger partial charge on any atom is 0.310 e. The van der Waals surface area contributed by atoms with E-state index in [1.807, 2.05) is 0 Å². The first kappa shape index (κ1) is 11.8. The van der Waals surface area contributed by atoms with Gasteiger partial charge in [-0.05, 0) is 24.6 Å². The highest BCUT2D eigenvalue weighted by Gasteiger charge is 2.29. The molecule has 7 heteroatoms. The van der Waals surface area contributed by atoms with Crippen molar-refractivity contribution in [2.24, 2.45) is 5.92 Å². The molecule has 0 aliphatic carbocycles. The highest BCUT2D eigenvalue weighted by Crippen LogP contribution is 2.22. The van der Waals surface area contributed by atoms with Gasteiger partial charge in [-0.2, -0.15) is 0 Å². The van der Waals surface area contributed by atoms with Crippen molar-refractivity contribution in [3.8, 4) is 0 Å².